The van der Waals surface area contributed by atoms with Crippen LogP contribution >= 0.6 is 0 Å². The average Bonchev–Trinajstić information content (AvgIpc) is 2.66. The number of hydrogen-bond acceptors (Lipinski definition) is 2. The minimum Gasteiger partial charge on any atom is -0.393 e. The first-order chi connectivity index (χ1) is 7.18. The summed E-state index contributed by atoms with van der Waals surface area (Å²) in [6.07, 6.45) is 9.42. The normalized spacial score (nSPS) is 13.3. The van der Waals surface area contributed by atoms with Gasteiger partial charge in [0.25, 0.3) is 0 Å². The van der Waals surface area contributed by atoms with Crippen LogP contribution in [0, 0.1) is 5.92 Å². The molecule has 0 saturated carbocycles. The van der Waals surface area contributed by atoms with Crippen LogP contribution in [0.2, 0.25) is 0 Å². The van der Waals surface area contributed by atoms with Crippen molar-refractivity contribution in [2.24, 2.45) is 5.92 Å². The third-order valence-electron chi connectivity index (χ3n) is 2.60. The fourth-order valence-corrected chi connectivity index (χ4v) is 1.62. The van der Waals surface area contributed by atoms with Crippen LogP contribution in [0.4, 0.5) is 0 Å². The summed E-state index contributed by atoms with van der Waals surface area (Å²) in [7, 11) is 0. The van der Waals surface area contributed by atoms with Crippen molar-refractivity contribution >= 4 is 0 Å². The largest absolute Gasteiger partial charge is 0.393 e. The van der Waals surface area contributed by atoms with Gasteiger partial charge in [0.1, 0.15) is 0 Å². The van der Waals surface area contributed by atoms with Crippen LogP contribution < -0.4 is 0 Å². The van der Waals surface area contributed by atoms with Crippen molar-refractivity contribution in [3.8, 4) is 0 Å². The highest BCUT2D eigenvalue weighted by Gasteiger charge is 2.04. The van der Waals surface area contributed by atoms with E-state index in [1.165, 1.54) is 6.42 Å². The molecular formula is C12H22N2O. The summed E-state index contributed by atoms with van der Waals surface area (Å²) in [5.74, 6) is 0.742. The SMILES string of the molecule is CC(C)CCC[C@@H](O)CCn1ccnc1. The molecule has 0 aliphatic rings. The van der Waals surface area contributed by atoms with Crippen LogP contribution in [0.5, 0.6) is 0 Å². The molecule has 3 nitrogen and oxygen atoms in total. The Morgan fingerprint density at radius 3 is 2.67 bits per heavy atom. The summed E-state index contributed by atoms with van der Waals surface area (Å²) in [5, 5.41) is 9.73. The molecule has 1 aromatic rings. The quantitative estimate of drug-likeness (QED) is 0.750. The monoisotopic (exact) mass is 210 g/mol. The van der Waals surface area contributed by atoms with Gasteiger partial charge in [-0.15, -0.1) is 0 Å². The Kier molecular flexibility index (Phi) is 5.40. The predicted molar refractivity (Wildman–Crippen MR) is 61.5 cm³/mol. The number of imidazole rings is 1. The van der Waals surface area contributed by atoms with E-state index < -0.39 is 0 Å². The summed E-state index contributed by atoms with van der Waals surface area (Å²) < 4.78 is 2.01. The lowest BCUT2D eigenvalue weighted by Crippen LogP contribution is -2.10. The van der Waals surface area contributed by atoms with Crippen molar-refractivity contribution in [1.82, 2.24) is 9.55 Å². The molecule has 1 heterocycles. The lowest BCUT2D eigenvalue weighted by Gasteiger charge is -2.11. The Balaban J connectivity index is 2.06. The fraction of sp³-hybridized carbons (Fsp3) is 0.750. The molecule has 1 rings (SSSR count). The summed E-state index contributed by atoms with van der Waals surface area (Å²) in [5.41, 5.74) is 0. The minimum absolute atomic E-state index is 0.161. The van der Waals surface area contributed by atoms with E-state index in [2.05, 4.69) is 18.8 Å². The molecular weight excluding hydrogens is 188 g/mol. The van der Waals surface area contributed by atoms with Crippen LogP contribution in [-0.4, -0.2) is 20.8 Å². The van der Waals surface area contributed by atoms with Crippen LogP contribution in [0.3, 0.4) is 0 Å². The Labute approximate surface area is 92.1 Å². The highest BCUT2D eigenvalue weighted by molar-refractivity contribution is 4.74. The number of aryl methyl sites for hydroxylation is 1. The second-order valence-corrected chi connectivity index (χ2v) is 4.57. The second-order valence-electron chi connectivity index (χ2n) is 4.57. The zero-order valence-corrected chi connectivity index (χ0v) is 9.76. The molecule has 0 saturated heterocycles. The standard InChI is InChI=1S/C12H22N2O/c1-11(2)4-3-5-12(15)6-8-14-9-7-13-10-14/h7,9-12,15H,3-6,8H2,1-2H3/t12-/m1/s1. The number of aliphatic hydroxyl groups is 1. The second kappa shape index (κ2) is 6.62. The molecule has 0 spiro atoms. The van der Waals surface area contributed by atoms with Crippen LogP contribution in [0.15, 0.2) is 18.7 Å². The van der Waals surface area contributed by atoms with E-state index >= 15 is 0 Å². The molecule has 0 aliphatic carbocycles. The van der Waals surface area contributed by atoms with E-state index in [0.29, 0.717) is 0 Å². The Hall–Kier alpha value is -0.830. The van der Waals surface area contributed by atoms with Gasteiger partial charge in [-0.25, -0.2) is 4.98 Å². The van der Waals surface area contributed by atoms with E-state index in [4.69, 9.17) is 0 Å². The number of aliphatic hydroxyl groups excluding tert-OH is 1. The van der Waals surface area contributed by atoms with E-state index in [1.807, 2.05) is 10.8 Å². The summed E-state index contributed by atoms with van der Waals surface area (Å²) in [6, 6.07) is 0. The van der Waals surface area contributed by atoms with Gasteiger partial charge in [0.15, 0.2) is 0 Å². The lowest BCUT2D eigenvalue weighted by atomic mass is 10.0. The van der Waals surface area contributed by atoms with Gasteiger partial charge in [0.2, 0.25) is 0 Å². The maximum Gasteiger partial charge on any atom is 0.0945 e. The highest BCUT2D eigenvalue weighted by Crippen LogP contribution is 2.10. The summed E-state index contributed by atoms with van der Waals surface area (Å²) in [4.78, 5) is 3.97. The van der Waals surface area contributed by atoms with Crippen molar-refractivity contribution in [1.29, 1.82) is 0 Å². The number of nitrogens with zero attached hydrogens (tertiary/aromatic N) is 2. The van der Waals surface area contributed by atoms with Gasteiger partial charge in [0.05, 0.1) is 12.4 Å². The zero-order valence-electron chi connectivity index (χ0n) is 9.76. The lowest BCUT2D eigenvalue weighted by molar-refractivity contribution is 0.144. The molecule has 0 fully saturated rings. The van der Waals surface area contributed by atoms with Crippen molar-refractivity contribution in [3.63, 3.8) is 0 Å². The minimum atomic E-state index is -0.161. The topological polar surface area (TPSA) is 38.0 Å². The molecule has 1 aromatic heterocycles. The predicted octanol–water partition coefficient (Wildman–Crippen LogP) is 2.46. The number of hydrogen-bond donors (Lipinski definition) is 1. The van der Waals surface area contributed by atoms with Gasteiger partial charge in [-0.1, -0.05) is 26.7 Å². The Bertz CT molecular complexity index is 244. The Morgan fingerprint density at radius 1 is 1.27 bits per heavy atom. The molecule has 0 aromatic carbocycles. The van der Waals surface area contributed by atoms with Crippen LogP contribution in [-0.2, 0) is 6.54 Å². The molecule has 3 heteroatoms. The van der Waals surface area contributed by atoms with Crippen LogP contribution in [0.25, 0.3) is 0 Å². The van der Waals surface area contributed by atoms with Crippen molar-refractivity contribution in [3.05, 3.63) is 18.7 Å². The Morgan fingerprint density at radius 2 is 2.07 bits per heavy atom. The first-order valence-corrected chi connectivity index (χ1v) is 5.82. The summed E-state index contributed by atoms with van der Waals surface area (Å²) >= 11 is 0. The molecule has 0 radical (unpaired) electrons. The van der Waals surface area contributed by atoms with Gasteiger partial charge in [-0.3, -0.25) is 0 Å². The van der Waals surface area contributed by atoms with E-state index in [1.54, 1.807) is 12.5 Å². The number of aromatic nitrogens is 2. The first kappa shape index (κ1) is 12.2. The third-order valence-corrected chi connectivity index (χ3v) is 2.60. The molecule has 1 atom stereocenters. The zero-order chi connectivity index (χ0) is 11.1. The van der Waals surface area contributed by atoms with Gasteiger partial charge in [-0.2, -0.15) is 0 Å². The first-order valence-electron chi connectivity index (χ1n) is 5.82. The molecule has 0 amide bonds. The molecule has 86 valence electrons. The van der Waals surface area contributed by atoms with Gasteiger partial charge in [-0.05, 0) is 18.8 Å². The molecule has 0 unspecified atom stereocenters. The molecule has 0 aliphatic heterocycles. The van der Waals surface area contributed by atoms with Crippen molar-refractivity contribution < 1.29 is 5.11 Å². The van der Waals surface area contributed by atoms with Gasteiger partial charge < -0.3 is 9.67 Å². The smallest absolute Gasteiger partial charge is 0.0945 e. The average molecular weight is 210 g/mol. The molecule has 15 heavy (non-hydrogen) atoms. The number of rotatable bonds is 7. The highest BCUT2D eigenvalue weighted by atomic mass is 16.3. The van der Waals surface area contributed by atoms with E-state index in [9.17, 15) is 5.11 Å². The molecule has 0 bridgehead atoms. The van der Waals surface area contributed by atoms with Crippen molar-refractivity contribution in [2.45, 2.75) is 52.2 Å². The van der Waals surface area contributed by atoms with E-state index in [-0.39, 0.29) is 6.10 Å². The summed E-state index contributed by atoms with van der Waals surface area (Å²) in [6.45, 7) is 5.30. The maximum atomic E-state index is 9.73. The third kappa shape index (κ3) is 5.57. The van der Waals surface area contributed by atoms with Crippen molar-refractivity contribution in [2.75, 3.05) is 0 Å². The van der Waals surface area contributed by atoms with Gasteiger partial charge >= 0.3 is 0 Å². The maximum absolute atomic E-state index is 9.73. The van der Waals surface area contributed by atoms with E-state index in [0.717, 1.165) is 31.7 Å². The van der Waals surface area contributed by atoms with Gasteiger partial charge in [0, 0.05) is 18.9 Å². The van der Waals surface area contributed by atoms with Crippen LogP contribution in [0.1, 0.15) is 39.5 Å². The fourth-order valence-electron chi connectivity index (χ4n) is 1.62. The molecule has 1 N–H and O–H groups in total.